The number of carbonyl (C=O) groups excluding carboxylic acids is 2. The van der Waals surface area contributed by atoms with Crippen molar-refractivity contribution in [3.63, 3.8) is 0 Å². The molecule has 2 aliphatic carbocycles. The lowest BCUT2D eigenvalue weighted by molar-refractivity contribution is 0.0968. The number of benzene rings is 2. The zero-order valence-electron chi connectivity index (χ0n) is 19.8. The first-order chi connectivity index (χ1) is 16.8. The van der Waals surface area contributed by atoms with Gasteiger partial charge in [0.05, 0.1) is 27.4 Å². The normalized spacial score (nSPS) is 22.2. The number of nitrogens with two attached hydrogens (primary N) is 1. The first-order valence-corrected chi connectivity index (χ1v) is 12.6. The van der Waals surface area contributed by atoms with Gasteiger partial charge in [-0.15, -0.1) is 0 Å². The molecular formula is C28H30ClN3O3. The lowest BCUT2D eigenvalue weighted by atomic mass is 9.78. The summed E-state index contributed by atoms with van der Waals surface area (Å²) in [7, 11) is 0. The van der Waals surface area contributed by atoms with E-state index in [0.717, 1.165) is 67.2 Å². The van der Waals surface area contributed by atoms with Crippen molar-refractivity contribution in [1.29, 1.82) is 0 Å². The van der Waals surface area contributed by atoms with Crippen molar-refractivity contribution in [3.8, 4) is 16.9 Å². The van der Waals surface area contributed by atoms with Gasteiger partial charge in [-0.05, 0) is 86.8 Å². The summed E-state index contributed by atoms with van der Waals surface area (Å²) in [5.74, 6) is 0.486. The van der Waals surface area contributed by atoms with E-state index in [-0.39, 0.29) is 33.6 Å². The average molecular weight is 492 g/mol. The number of aromatic nitrogens is 1. The predicted molar refractivity (Wildman–Crippen MR) is 139 cm³/mol. The highest BCUT2D eigenvalue weighted by molar-refractivity contribution is 6.32. The van der Waals surface area contributed by atoms with Crippen LogP contribution in [0.1, 0.15) is 66.2 Å². The van der Waals surface area contributed by atoms with E-state index < -0.39 is 0 Å². The van der Waals surface area contributed by atoms with Crippen LogP contribution in [0.5, 0.6) is 5.75 Å². The Morgan fingerprint density at radius 1 is 1.20 bits per heavy atom. The summed E-state index contributed by atoms with van der Waals surface area (Å²) in [4.78, 5) is 29.1. The number of ketones is 1. The van der Waals surface area contributed by atoms with E-state index in [0.29, 0.717) is 23.3 Å². The van der Waals surface area contributed by atoms with Gasteiger partial charge in [0.1, 0.15) is 5.75 Å². The van der Waals surface area contributed by atoms with Crippen LogP contribution in [0.2, 0.25) is 5.02 Å². The molecule has 0 bridgehead atoms. The number of aldehydes is 1. The summed E-state index contributed by atoms with van der Waals surface area (Å²) in [6, 6.07) is 9.03. The van der Waals surface area contributed by atoms with Crippen molar-refractivity contribution in [2.75, 3.05) is 11.9 Å². The minimum absolute atomic E-state index is 0.0802. The second-order valence-corrected chi connectivity index (χ2v) is 10.8. The number of carbonyl (C=O) groups is 2. The Hall–Kier alpha value is -2.96. The number of nitrogens with zero attached hydrogens (tertiary/aromatic N) is 1. The van der Waals surface area contributed by atoms with Gasteiger partial charge < -0.3 is 16.2 Å². The van der Waals surface area contributed by atoms with Crippen molar-refractivity contribution >= 4 is 40.3 Å². The van der Waals surface area contributed by atoms with Crippen molar-refractivity contribution < 1.29 is 14.7 Å². The SMILES string of the molecule is CC1(N)CCC(CNc2c(C(=O)C3CC3)cnc3ccc(-c4cc(Cl)c(O)c(C=O)c4)cc23)CC1. The highest BCUT2D eigenvalue weighted by Crippen LogP contribution is 2.39. The van der Waals surface area contributed by atoms with Crippen LogP contribution in [0, 0.1) is 11.8 Å². The Bertz CT molecular complexity index is 1310. The molecule has 1 aromatic heterocycles. The fraction of sp³-hybridized carbons (Fsp3) is 0.393. The fourth-order valence-electron chi connectivity index (χ4n) is 4.98. The number of phenolic OH excluding ortho intramolecular Hbond substituents is 1. The molecule has 0 amide bonds. The molecule has 182 valence electrons. The summed E-state index contributed by atoms with van der Waals surface area (Å²) in [5.41, 5.74) is 10.1. The molecule has 7 heteroatoms. The topological polar surface area (TPSA) is 105 Å². The van der Waals surface area contributed by atoms with E-state index in [2.05, 4.69) is 17.2 Å². The molecule has 6 nitrogen and oxygen atoms in total. The molecule has 0 unspecified atom stereocenters. The van der Waals surface area contributed by atoms with E-state index in [9.17, 15) is 14.7 Å². The second kappa shape index (κ2) is 9.25. The highest BCUT2D eigenvalue weighted by Gasteiger charge is 2.33. The van der Waals surface area contributed by atoms with E-state index in [4.69, 9.17) is 17.3 Å². The molecule has 3 aromatic rings. The Balaban J connectivity index is 1.54. The minimum Gasteiger partial charge on any atom is -0.506 e. The van der Waals surface area contributed by atoms with Gasteiger partial charge in [0.2, 0.25) is 0 Å². The maximum Gasteiger partial charge on any atom is 0.169 e. The van der Waals surface area contributed by atoms with Crippen LogP contribution in [-0.2, 0) is 0 Å². The third kappa shape index (κ3) is 4.91. The van der Waals surface area contributed by atoms with Gasteiger partial charge in [-0.3, -0.25) is 14.6 Å². The number of rotatable bonds is 7. The number of pyridine rings is 1. The maximum absolute atomic E-state index is 13.1. The Morgan fingerprint density at radius 2 is 1.94 bits per heavy atom. The van der Waals surface area contributed by atoms with Gasteiger partial charge in [0.15, 0.2) is 12.1 Å². The summed E-state index contributed by atoms with van der Waals surface area (Å²) in [6.07, 6.45) is 8.24. The molecule has 2 aliphatic rings. The summed E-state index contributed by atoms with van der Waals surface area (Å²) >= 11 is 6.17. The molecule has 4 N–H and O–H groups in total. The van der Waals surface area contributed by atoms with Crippen LogP contribution >= 0.6 is 11.6 Å². The Kier molecular flexibility index (Phi) is 6.28. The Morgan fingerprint density at radius 3 is 2.63 bits per heavy atom. The fourth-order valence-corrected chi connectivity index (χ4v) is 5.21. The van der Waals surface area contributed by atoms with Gasteiger partial charge >= 0.3 is 0 Å². The third-order valence-corrected chi connectivity index (χ3v) is 7.74. The second-order valence-electron chi connectivity index (χ2n) is 10.4. The number of nitrogens with one attached hydrogen (secondary N) is 1. The minimum atomic E-state index is -0.228. The maximum atomic E-state index is 13.1. The van der Waals surface area contributed by atoms with Gasteiger partial charge in [-0.25, -0.2) is 0 Å². The number of hydrogen-bond donors (Lipinski definition) is 3. The van der Waals surface area contributed by atoms with Crippen LogP contribution in [-0.4, -0.2) is 34.2 Å². The average Bonchev–Trinajstić information content (AvgIpc) is 3.69. The van der Waals surface area contributed by atoms with Crippen molar-refractivity contribution in [1.82, 2.24) is 4.98 Å². The smallest absolute Gasteiger partial charge is 0.169 e. The number of halogens is 1. The molecule has 2 saturated carbocycles. The van der Waals surface area contributed by atoms with E-state index in [1.54, 1.807) is 18.3 Å². The quantitative estimate of drug-likeness (QED) is 0.277. The molecule has 0 saturated heterocycles. The van der Waals surface area contributed by atoms with Crippen molar-refractivity contribution in [2.24, 2.45) is 17.6 Å². The zero-order chi connectivity index (χ0) is 24.7. The Labute approximate surface area is 209 Å². The molecule has 5 rings (SSSR count). The lowest BCUT2D eigenvalue weighted by Crippen LogP contribution is -2.41. The molecule has 0 spiro atoms. The van der Waals surface area contributed by atoms with Gasteiger partial charge in [0.25, 0.3) is 0 Å². The van der Waals surface area contributed by atoms with Crippen molar-refractivity contribution in [3.05, 3.63) is 52.7 Å². The monoisotopic (exact) mass is 491 g/mol. The van der Waals surface area contributed by atoms with Crippen LogP contribution in [0.15, 0.2) is 36.5 Å². The number of aromatic hydroxyl groups is 1. The lowest BCUT2D eigenvalue weighted by Gasteiger charge is -2.34. The van der Waals surface area contributed by atoms with Crippen LogP contribution in [0.25, 0.3) is 22.0 Å². The van der Waals surface area contributed by atoms with Gasteiger partial charge in [-0.1, -0.05) is 17.7 Å². The molecule has 0 aliphatic heterocycles. The highest BCUT2D eigenvalue weighted by atomic mass is 35.5. The molecule has 1 heterocycles. The molecule has 2 fully saturated rings. The summed E-state index contributed by atoms with van der Waals surface area (Å²) < 4.78 is 0. The molecule has 0 atom stereocenters. The third-order valence-electron chi connectivity index (χ3n) is 7.45. The van der Waals surface area contributed by atoms with Crippen molar-refractivity contribution in [2.45, 2.75) is 51.0 Å². The largest absolute Gasteiger partial charge is 0.506 e. The van der Waals surface area contributed by atoms with Crippen LogP contribution in [0.4, 0.5) is 5.69 Å². The van der Waals surface area contributed by atoms with E-state index in [1.807, 2.05) is 18.2 Å². The van der Waals surface area contributed by atoms with Gasteiger partial charge in [-0.2, -0.15) is 0 Å². The number of phenols is 1. The van der Waals surface area contributed by atoms with Crippen LogP contribution in [0.3, 0.4) is 0 Å². The van der Waals surface area contributed by atoms with E-state index in [1.165, 1.54) is 0 Å². The number of anilines is 1. The molecular weight excluding hydrogens is 462 g/mol. The number of Topliss-reactive ketones (excluding diaryl/α,β-unsaturated/α-hetero) is 1. The molecule has 0 radical (unpaired) electrons. The number of hydrogen-bond acceptors (Lipinski definition) is 6. The van der Waals surface area contributed by atoms with E-state index >= 15 is 0 Å². The van der Waals surface area contributed by atoms with Crippen LogP contribution < -0.4 is 11.1 Å². The summed E-state index contributed by atoms with van der Waals surface area (Å²) in [6.45, 7) is 2.89. The predicted octanol–water partition coefficient (Wildman–Crippen LogP) is 5.99. The first kappa shape index (κ1) is 23.8. The molecule has 2 aromatic carbocycles. The first-order valence-electron chi connectivity index (χ1n) is 12.2. The van der Waals surface area contributed by atoms with Gasteiger partial charge in [0, 0.05) is 29.6 Å². The summed E-state index contributed by atoms with van der Waals surface area (Å²) in [5, 5.41) is 14.6. The molecule has 35 heavy (non-hydrogen) atoms. The number of fused-ring (bicyclic) bond motifs is 1. The zero-order valence-corrected chi connectivity index (χ0v) is 20.6. The standard InChI is InChI=1S/C28H30ClN3O3/c1-28(30)8-6-16(7-9-28)13-32-25-21-11-18(19-10-20(15-33)27(35)23(29)12-19)4-5-24(21)31-14-22(25)26(34)17-2-3-17/h4-5,10-12,14-17,35H,2-3,6-9,13,30H2,1H3,(H,31,32).